The molecule has 1 amide bonds. The first kappa shape index (κ1) is 16.9. The average molecular weight is 333 g/mol. The fraction of sp³-hybridized carbons (Fsp3) is 0.588. The Morgan fingerprint density at radius 1 is 1.38 bits per heavy atom. The van der Waals surface area contributed by atoms with Crippen molar-refractivity contribution in [2.45, 2.75) is 43.9 Å². The van der Waals surface area contributed by atoms with Gasteiger partial charge < -0.3 is 15.2 Å². The number of amides is 1. The zero-order chi connectivity index (χ0) is 17.1. The molecule has 1 aliphatic carbocycles. The first-order valence-electron chi connectivity index (χ1n) is 8.35. The molecule has 2 heterocycles. The van der Waals surface area contributed by atoms with Crippen molar-refractivity contribution in [3.05, 3.63) is 29.6 Å². The van der Waals surface area contributed by atoms with Gasteiger partial charge in [-0.25, -0.2) is 9.78 Å². The van der Waals surface area contributed by atoms with Gasteiger partial charge in [-0.1, -0.05) is 0 Å². The van der Waals surface area contributed by atoms with Crippen molar-refractivity contribution in [3.63, 3.8) is 0 Å². The number of aromatic carboxylic acids is 1. The van der Waals surface area contributed by atoms with E-state index in [4.69, 9.17) is 9.84 Å². The fourth-order valence-corrected chi connectivity index (χ4v) is 3.73. The minimum Gasteiger partial charge on any atom is -0.477 e. The minimum atomic E-state index is -1.13. The Morgan fingerprint density at radius 2 is 2.21 bits per heavy atom. The van der Waals surface area contributed by atoms with Crippen molar-refractivity contribution in [3.8, 4) is 0 Å². The van der Waals surface area contributed by atoms with Gasteiger partial charge in [-0.3, -0.25) is 9.69 Å². The van der Waals surface area contributed by atoms with Crippen LogP contribution in [0.25, 0.3) is 0 Å². The van der Waals surface area contributed by atoms with Crippen LogP contribution >= 0.6 is 0 Å². The van der Waals surface area contributed by atoms with Gasteiger partial charge in [-0.05, 0) is 37.8 Å². The third-order valence-corrected chi connectivity index (χ3v) is 5.02. The van der Waals surface area contributed by atoms with E-state index in [0.717, 1.165) is 38.8 Å². The Bertz CT molecular complexity index is 622. The summed E-state index contributed by atoms with van der Waals surface area (Å²) in [5, 5.41) is 12.1. The standard InChI is InChI=1S/C17H23N3O4/c1-24-12-6-8-20(10-12)15-4-2-3-13(15)19-16(21)11-5-7-18-14(9-11)17(22)23/h5,7,9,12-13,15H,2-4,6,8,10H2,1H3,(H,19,21)(H,22,23)/t12?,13-,15+/m0/s1. The molecule has 0 aromatic carbocycles. The summed E-state index contributed by atoms with van der Waals surface area (Å²) in [5.74, 6) is -1.37. The lowest BCUT2D eigenvalue weighted by Gasteiger charge is -2.30. The van der Waals surface area contributed by atoms with Crippen LogP contribution in [0.3, 0.4) is 0 Å². The van der Waals surface area contributed by atoms with Gasteiger partial charge in [0, 0.05) is 44.0 Å². The molecule has 1 aromatic rings. The highest BCUT2D eigenvalue weighted by atomic mass is 16.5. The normalized spacial score (nSPS) is 27.3. The number of ether oxygens (including phenoxy) is 1. The lowest BCUT2D eigenvalue weighted by atomic mass is 10.1. The van der Waals surface area contributed by atoms with Crippen molar-refractivity contribution in [1.29, 1.82) is 0 Å². The Labute approximate surface area is 141 Å². The molecule has 0 spiro atoms. The van der Waals surface area contributed by atoms with Crippen molar-refractivity contribution in [2.75, 3.05) is 20.2 Å². The number of likely N-dealkylation sites (tertiary alicyclic amines) is 1. The van der Waals surface area contributed by atoms with Crippen molar-refractivity contribution in [1.82, 2.24) is 15.2 Å². The number of nitrogens with one attached hydrogen (secondary N) is 1. The van der Waals surface area contributed by atoms with Crippen LogP contribution in [0, 0.1) is 0 Å². The molecule has 2 N–H and O–H groups in total. The lowest BCUT2D eigenvalue weighted by molar-refractivity contribution is 0.0690. The van der Waals surface area contributed by atoms with E-state index < -0.39 is 5.97 Å². The summed E-state index contributed by atoms with van der Waals surface area (Å²) in [6.45, 7) is 1.90. The molecule has 2 fully saturated rings. The molecule has 3 rings (SSSR count). The van der Waals surface area contributed by atoms with Crippen LogP contribution < -0.4 is 5.32 Å². The number of hydrogen-bond donors (Lipinski definition) is 2. The fourth-order valence-electron chi connectivity index (χ4n) is 3.73. The van der Waals surface area contributed by atoms with Crippen LogP contribution in [-0.4, -0.2) is 65.3 Å². The van der Waals surface area contributed by atoms with E-state index in [1.54, 1.807) is 13.2 Å². The number of hydrogen-bond acceptors (Lipinski definition) is 5. The monoisotopic (exact) mass is 333 g/mol. The second-order valence-corrected chi connectivity index (χ2v) is 6.45. The van der Waals surface area contributed by atoms with E-state index in [1.807, 2.05) is 0 Å². The number of carbonyl (C=O) groups is 2. The molecule has 2 aliphatic rings. The van der Waals surface area contributed by atoms with Gasteiger partial charge in [0.25, 0.3) is 5.91 Å². The van der Waals surface area contributed by atoms with Gasteiger partial charge in [0.15, 0.2) is 0 Å². The summed E-state index contributed by atoms with van der Waals surface area (Å²) in [6.07, 6.45) is 5.76. The molecule has 24 heavy (non-hydrogen) atoms. The molecular formula is C17H23N3O4. The predicted octanol–water partition coefficient (Wildman–Crippen LogP) is 1.15. The number of methoxy groups -OCH3 is 1. The maximum absolute atomic E-state index is 12.5. The molecule has 1 saturated carbocycles. The van der Waals surface area contributed by atoms with Gasteiger partial charge in [0.1, 0.15) is 5.69 Å². The lowest BCUT2D eigenvalue weighted by Crippen LogP contribution is -2.48. The van der Waals surface area contributed by atoms with Crippen LogP contribution in [0.15, 0.2) is 18.3 Å². The second kappa shape index (κ2) is 7.27. The number of nitrogens with zero attached hydrogens (tertiary/aromatic N) is 2. The number of carboxylic acid groups (broad SMARTS) is 1. The van der Waals surface area contributed by atoms with E-state index >= 15 is 0 Å². The summed E-state index contributed by atoms with van der Waals surface area (Å²) in [4.78, 5) is 29.6. The van der Waals surface area contributed by atoms with Crippen molar-refractivity contribution >= 4 is 11.9 Å². The Hall–Kier alpha value is -1.99. The molecule has 1 aliphatic heterocycles. The van der Waals surface area contributed by atoms with Crippen molar-refractivity contribution < 1.29 is 19.4 Å². The third kappa shape index (κ3) is 3.57. The van der Waals surface area contributed by atoms with Gasteiger partial charge in [0.05, 0.1) is 6.10 Å². The quantitative estimate of drug-likeness (QED) is 0.840. The molecule has 3 atom stereocenters. The van der Waals surface area contributed by atoms with Gasteiger partial charge in [0.2, 0.25) is 0 Å². The van der Waals surface area contributed by atoms with E-state index in [1.165, 1.54) is 12.3 Å². The second-order valence-electron chi connectivity index (χ2n) is 6.45. The first-order valence-corrected chi connectivity index (χ1v) is 8.35. The smallest absolute Gasteiger partial charge is 0.354 e. The summed E-state index contributed by atoms with van der Waals surface area (Å²) >= 11 is 0. The van der Waals surface area contributed by atoms with Crippen LogP contribution in [0.5, 0.6) is 0 Å². The van der Waals surface area contributed by atoms with E-state index in [0.29, 0.717) is 11.6 Å². The molecule has 1 saturated heterocycles. The number of carboxylic acids is 1. The SMILES string of the molecule is COC1CCN([C@@H]2CCC[C@@H]2NC(=O)c2ccnc(C(=O)O)c2)C1. The molecule has 130 valence electrons. The van der Waals surface area contributed by atoms with Crippen LogP contribution in [0.1, 0.15) is 46.5 Å². The topological polar surface area (TPSA) is 91.8 Å². The number of carbonyl (C=O) groups excluding carboxylic acids is 1. The van der Waals surface area contributed by atoms with E-state index in [-0.39, 0.29) is 23.7 Å². The summed E-state index contributed by atoms with van der Waals surface area (Å²) in [6, 6.07) is 3.28. The maximum Gasteiger partial charge on any atom is 0.354 e. The van der Waals surface area contributed by atoms with Gasteiger partial charge in [-0.15, -0.1) is 0 Å². The zero-order valence-electron chi connectivity index (χ0n) is 13.8. The number of rotatable bonds is 5. The molecule has 0 radical (unpaired) electrons. The number of pyridine rings is 1. The molecule has 7 nitrogen and oxygen atoms in total. The first-order chi connectivity index (χ1) is 11.6. The largest absolute Gasteiger partial charge is 0.477 e. The highest BCUT2D eigenvalue weighted by Gasteiger charge is 2.36. The zero-order valence-corrected chi connectivity index (χ0v) is 13.8. The molecule has 1 aromatic heterocycles. The van der Waals surface area contributed by atoms with Crippen LogP contribution in [0.4, 0.5) is 0 Å². The molecule has 7 heteroatoms. The predicted molar refractivity (Wildman–Crippen MR) is 87.1 cm³/mol. The summed E-state index contributed by atoms with van der Waals surface area (Å²) in [7, 11) is 1.74. The Kier molecular flexibility index (Phi) is 5.11. The Balaban J connectivity index is 1.65. The Morgan fingerprint density at radius 3 is 2.92 bits per heavy atom. The van der Waals surface area contributed by atoms with Crippen LogP contribution in [0.2, 0.25) is 0 Å². The van der Waals surface area contributed by atoms with E-state index in [9.17, 15) is 9.59 Å². The van der Waals surface area contributed by atoms with Crippen molar-refractivity contribution in [2.24, 2.45) is 0 Å². The minimum absolute atomic E-state index is 0.0922. The highest BCUT2D eigenvalue weighted by molar-refractivity contribution is 5.96. The van der Waals surface area contributed by atoms with Gasteiger partial charge in [-0.2, -0.15) is 0 Å². The maximum atomic E-state index is 12.5. The summed E-state index contributed by atoms with van der Waals surface area (Å²) < 4.78 is 5.43. The highest BCUT2D eigenvalue weighted by Crippen LogP contribution is 2.28. The molecule has 1 unspecified atom stereocenters. The summed E-state index contributed by atoms with van der Waals surface area (Å²) in [5.41, 5.74) is 0.220. The van der Waals surface area contributed by atoms with E-state index in [2.05, 4.69) is 15.2 Å². The number of aromatic nitrogens is 1. The van der Waals surface area contributed by atoms with Crippen LogP contribution in [-0.2, 0) is 4.74 Å². The molecule has 0 bridgehead atoms. The molecular weight excluding hydrogens is 310 g/mol. The average Bonchev–Trinajstić information content (AvgIpc) is 3.23. The van der Waals surface area contributed by atoms with Gasteiger partial charge >= 0.3 is 5.97 Å². The third-order valence-electron chi connectivity index (χ3n) is 5.02.